The summed E-state index contributed by atoms with van der Waals surface area (Å²) in [4.78, 5) is 13.7. The molecule has 18 heavy (non-hydrogen) atoms. The second kappa shape index (κ2) is 5.69. The van der Waals surface area contributed by atoms with E-state index in [1.807, 2.05) is 48.1 Å². The molecule has 1 heterocycles. The summed E-state index contributed by atoms with van der Waals surface area (Å²) in [5.74, 6) is 0.130. The average molecular weight is 260 g/mol. The number of carbonyl (C=O) groups excluding carboxylic acids is 1. The number of nitrogens with two attached hydrogens (primary N) is 1. The molecule has 0 aliphatic rings. The van der Waals surface area contributed by atoms with E-state index in [-0.39, 0.29) is 5.91 Å². The van der Waals surface area contributed by atoms with Gasteiger partial charge in [-0.1, -0.05) is 12.1 Å². The lowest BCUT2D eigenvalue weighted by Gasteiger charge is -2.17. The van der Waals surface area contributed by atoms with Crippen LogP contribution in [0.2, 0.25) is 0 Å². The minimum atomic E-state index is 0.130. The zero-order chi connectivity index (χ0) is 13.0. The molecule has 0 aliphatic carbocycles. The molecule has 0 saturated carbocycles. The van der Waals surface area contributed by atoms with Gasteiger partial charge in [-0.15, -0.1) is 0 Å². The Labute approximate surface area is 111 Å². The van der Waals surface area contributed by atoms with E-state index in [2.05, 4.69) is 0 Å². The molecule has 2 rings (SSSR count). The van der Waals surface area contributed by atoms with Crippen molar-refractivity contribution in [3.05, 3.63) is 52.2 Å². The Balaban J connectivity index is 1.93. The first-order chi connectivity index (χ1) is 8.65. The number of thiophene rings is 1. The lowest BCUT2D eigenvalue weighted by Crippen LogP contribution is -2.27. The van der Waals surface area contributed by atoms with Crippen molar-refractivity contribution in [2.45, 2.75) is 13.0 Å². The Hall–Kier alpha value is -1.81. The fourth-order valence-corrected chi connectivity index (χ4v) is 2.36. The summed E-state index contributed by atoms with van der Waals surface area (Å²) in [6.45, 7) is 0.614. The molecule has 94 valence electrons. The van der Waals surface area contributed by atoms with Crippen LogP contribution in [-0.2, 0) is 17.8 Å². The Morgan fingerprint density at radius 2 is 1.94 bits per heavy atom. The van der Waals surface area contributed by atoms with E-state index < -0.39 is 0 Å². The van der Waals surface area contributed by atoms with Crippen molar-refractivity contribution in [1.29, 1.82) is 0 Å². The van der Waals surface area contributed by atoms with Crippen molar-refractivity contribution < 1.29 is 4.79 Å². The highest BCUT2D eigenvalue weighted by Crippen LogP contribution is 2.11. The Bertz CT molecular complexity index is 505. The second-order valence-electron chi connectivity index (χ2n) is 4.30. The molecule has 0 spiro atoms. The highest BCUT2D eigenvalue weighted by Gasteiger charge is 2.10. The van der Waals surface area contributed by atoms with Gasteiger partial charge in [0.25, 0.3) is 0 Å². The molecule has 0 fully saturated rings. The minimum absolute atomic E-state index is 0.130. The molecule has 1 aromatic carbocycles. The third-order valence-electron chi connectivity index (χ3n) is 2.76. The van der Waals surface area contributed by atoms with Gasteiger partial charge in [-0.25, -0.2) is 0 Å². The van der Waals surface area contributed by atoms with E-state index >= 15 is 0 Å². The molecule has 1 aromatic heterocycles. The summed E-state index contributed by atoms with van der Waals surface area (Å²) < 4.78 is 0. The number of nitrogen functional groups attached to an aromatic ring is 1. The zero-order valence-electron chi connectivity index (χ0n) is 10.3. The van der Waals surface area contributed by atoms with Crippen LogP contribution in [0, 0.1) is 0 Å². The molecule has 2 N–H and O–H groups in total. The number of hydrogen-bond acceptors (Lipinski definition) is 3. The monoisotopic (exact) mass is 260 g/mol. The fourth-order valence-electron chi connectivity index (χ4n) is 1.69. The van der Waals surface area contributed by atoms with Gasteiger partial charge in [0, 0.05) is 19.3 Å². The Morgan fingerprint density at radius 1 is 1.22 bits per heavy atom. The van der Waals surface area contributed by atoms with E-state index in [0.29, 0.717) is 13.0 Å². The number of hydrogen-bond donors (Lipinski definition) is 1. The number of nitrogens with zero attached hydrogens (tertiary/aromatic N) is 1. The molecule has 0 radical (unpaired) electrons. The number of benzene rings is 1. The van der Waals surface area contributed by atoms with Gasteiger partial charge in [-0.05, 0) is 40.1 Å². The normalized spacial score (nSPS) is 10.3. The average Bonchev–Trinajstić information content (AvgIpc) is 2.85. The highest BCUT2D eigenvalue weighted by molar-refractivity contribution is 7.07. The molecule has 0 unspecified atom stereocenters. The molecule has 1 amide bonds. The van der Waals surface area contributed by atoms with Crippen LogP contribution in [0.5, 0.6) is 0 Å². The molecule has 4 heteroatoms. The molecule has 3 nitrogen and oxygen atoms in total. The van der Waals surface area contributed by atoms with Crippen molar-refractivity contribution >= 4 is 22.9 Å². The van der Waals surface area contributed by atoms with Gasteiger partial charge < -0.3 is 10.6 Å². The lowest BCUT2D eigenvalue weighted by molar-refractivity contribution is -0.129. The first-order valence-electron chi connectivity index (χ1n) is 5.74. The summed E-state index contributed by atoms with van der Waals surface area (Å²) >= 11 is 1.61. The molecular formula is C14H16N2OS. The van der Waals surface area contributed by atoms with Crippen molar-refractivity contribution in [1.82, 2.24) is 4.90 Å². The maximum absolute atomic E-state index is 12.0. The predicted octanol–water partition coefficient (Wildman–Crippen LogP) is 2.53. The van der Waals surface area contributed by atoms with Gasteiger partial charge in [-0.3, -0.25) is 4.79 Å². The van der Waals surface area contributed by atoms with E-state index in [1.165, 1.54) is 0 Å². The first kappa shape index (κ1) is 12.6. The van der Waals surface area contributed by atoms with Crippen LogP contribution in [-0.4, -0.2) is 17.9 Å². The number of anilines is 1. The van der Waals surface area contributed by atoms with Crippen LogP contribution in [0.1, 0.15) is 11.1 Å². The first-order valence-corrected chi connectivity index (χ1v) is 6.69. The standard InChI is InChI=1S/C14H16N2OS/c1-16(9-11-2-4-13(15)5-3-11)14(17)8-12-6-7-18-10-12/h2-7,10H,8-9,15H2,1H3. The van der Waals surface area contributed by atoms with Gasteiger partial charge >= 0.3 is 0 Å². The van der Waals surface area contributed by atoms with Crippen molar-refractivity contribution in [2.75, 3.05) is 12.8 Å². The maximum atomic E-state index is 12.0. The SMILES string of the molecule is CN(Cc1ccc(N)cc1)C(=O)Cc1ccsc1. The Morgan fingerprint density at radius 3 is 2.56 bits per heavy atom. The number of likely N-dealkylation sites (N-methyl/N-ethyl adjacent to an activating group) is 1. The minimum Gasteiger partial charge on any atom is -0.399 e. The topological polar surface area (TPSA) is 46.3 Å². The summed E-state index contributed by atoms with van der Waals surface area (Å²) in [5.41, 5.74) is 8.54. The maximum Gasteiger partial charge on any atom is 0.227 e. The van der Waals surface area contributed by atoms with Crippen LogP contribution in [0.25, 0.3) is 0 Å². The summed E-state index contributed by atoms with van der Waals surface area (Å²) in [5, 5.41) is 4.00. The largest absolute Gasteiger partial charge is 0.399 e. The molecule has 0 aliphatic heterocycles. The van der Waals surface area contributed by atoms with E-state index in [1.54, 1.807) is 16.2 Å². The quantitative estimate of drug-likeness (QED) is 0.859. The van der Waals surface area contributed by atoms with Crippen LogP contribution < -0.4 is 5.73 Å². The van der Waals surface area contributed by atoms with Gasteiger partial charge in [-0.2, -0.15) is 11.3 Å². The van der Waals surface area contributed by atoms with Crippen LogP contribution in [0.4, 0.5) is 5.69 Å². The van der Waals surface area contributed by atoms with Gasteiger partial charge in [0.2, 0.25) is 5.91 Å². The lowest BCUT2D eigenvalue weighted by atomic mass is 10.2. The number of amides is 1. The summed E-state index contributed by atoms with van der Waals surface area (Å²) in [6.07, 6.45) is 0.467. The van der Waals surface area contributed by atoms with Crippen molar-refractivity contribution in [2.24, 2.45) is 0 Å². The summed E-state index contributed by atoms with van der Waals surface area (Å²) in [7, 11) is 1.82. The van der Waals surface area contributed by atoms with E-state index in [4.69, 9.17) is 5.73 Å². The predicted molar refractivity (Wildman–Crippen MR) is 75.4 cm³/mol. The number of carbonyl (C=O) groups is 1. The van der Waals surface area contributed by atoms with E-state index in [0.717, 1.165) is 16.8 Å². The molecule has 0 saturated heterocycles. The Kier molecular flexibility index (Phi) is 3.99. The van der Waals surface area contributed by atoms with Gasteiger partial charge in [0.1, 0.15) is 0 Å². The van der Waals surface area contributed by atoms with Crippen LogP contribution in [0.3, 0.4) is 0 Å². The van der Waals surface area contributed by atoms with E-state index in [9.17, 15) is 4.79 Å². The van der Waals surface area contributed by atoms with Gasteiger partial charge in [0.15, 0.2) is 0 Å². The van der Waals surface area contributed by atoms with Crippen molar-refractivity contribution in [3.63, 3.8) is 0 Å². The third-order valence-corrected chi connectivity index (χ3v) is 3.49. The van der Waals surface area contributed by atoms with Crippen LogP contribution >= 0.6 is 11.3 Å². The van der Waals surface area contributed by atoms with Crippen molar-refractivity contribution in [3.8, 4) is 0 Å². The molecular weight excluding hydrogens is 244 g/mol. The molecule has 0 atom stereocenters. The molecule has 2 aromatic rings. The van der Waals surface area contributed by atoms with Crippen LogP contribution in [0.15, 0.2) is 41.1 Å². The molecule has 0 bridgehead atoms. The number of rotatable bonds is 4. The van der Waals surface area contributed by atoms with Gasteiger partial charge in [0.05, 0.1) is 6.42 Å². The zero-order valence-corrected chi connectivity index (χ0v) is 11.1. The smallest absolute Gasteiger partial charge is 0.227 e. The fraction of sp³-hybridized carbons (Fsp3) is 0.214. The second-order valence-corrected chi connectivity index (χ2v) is 5.08. The highest BCUT2D eigenvalue weighted by atomic mass is 32.1. The third kappa shape index (κ3) is 3.34. The summed E-state index contributed by atoms with van der Waals surface area (Å²) in [6, 6.07) is 9.59.